The van der Waals surface area contributed by atoms with Crippen LogP contribution in [0.4, 0.5) is 4.79 Å². The molecule has 0 fully saturated rings. The minimum absolute atomic E-state index is 0.490. The minimum Gasteiger partial charge on any atom is -0.245 e. The molecule has 4 aromatic rings. The first kappa shape index (κ1) is 19.3. The molecule has 0 radical (unpaired) electrons. The molecule has 2 N–H and O–H groups in total. The Morgan fingerprint density at radius 1 is 0.600 bits per heavy atom. The van der Waals surface area contributed by atoms with Crippen LogP contribution in [0.25, 0.3) is 21.5 Å². The fraction of sp³-hybridized carbons (Fsp3) is 0.0800. The van der Waals surface area contributed by atoms with Gasteiger partial charge in [-0.1, -0.05) is 72.8 Å². The summed E-state index contributed by atoms with van der Waals surface area (Å²) in [5, 5.41) is 12.9. The maximum atomic E-state index is 12.1. The third kappa shape index (κ3) is 4.36. The van der Waals surface area contributed by atoms with Crippen molar-refractivity contribution in [3.63, 3.8) is 0 Å². The van der Waals surface area contributed by atoms with Crippen LogP contribution in [0.15, 0.2) is 95.1 Å². The van der Waals surface area contributed by atoms with Crippen molar-refractivity contribution in [3.05, 3.63) is 96.1 Å². The van der Waals surface area contributed by atoms with Gasteiger partial charge in [-0.2, -0.15) is 10.2 Å². The molecule has 0 spiro atoms. The van der Waals surface area contributed by atoms with Crippen LogP contribution in [-0.4, -0.2) is 17.5 Å². The van der Waals surface area contributed by atoms with E-state index >= 15 is 0 Å². The van der Waals surface area contributed by atoms with E-state index in [-0.39, 0.29) is 0 Å². The molecule has 2 amide bonds. The molecule has 0 aliphatic heterocycles. The first-order valence-corrected chi connectivity index (χ1v) is 9.73. The third-order valence-electron chi connectivity index (χ3n) is 4.98. The Kier molecular flexibility index (Phi) is 5.52. The number of carbonyl (C=O) groups excluding carboxylic acids is 1. The van der Waals surface area contributed by atoms with Crippen LogP contribution in [0.3, 0.4) is 0 Å². The molecule has 5 nitrogen and oxygen atoms in total. The van der Waals surface area contributed by atoms with Crippen molar-refractivity contribution in [3.8, 4) is 0 Å². The van der Waals surface area contributed by atoms with Crippen LogP contribution in [0.1, 0.15) is 25.0 Å². The predicted octanol–water partition coefficient (Wildman–Crippen LogP) is 5.44. The zero-order chi connectivity index (χ0) is 20.9. The fourth-order valence-corrected chi connectivity index (χ4v) is 3.25. The molecule has 0 aromatic heterocycles. The van der Waals surface area contributed by atoms with Gasteiger partial charge >= 0.3 is 6.03 Å². The SMILES string of the molecule is C/C(=N\NC(=O)N/N=C(\C)c1ccc2ccccc2c1)c1ccc2ccccc2c1. The first-order valence-electron chi connectivity index (χ1n) is 9.73. The van der Waals surface area contributed by atoms with Gasteiger partial charge in [-0.3, -0.25) is 0 Å². The van der Waals surface area contributed by atoms with E-state index in [1.165, 1.54) is 10.8 Å². The van der Waals surface area contributed by atoms with Crippen molar-refractivity contribution in [2.24, 2.45) is 10.2 Å². The lowest BCUT2D eigenvalue weighted by molar-refractivity contribution is 0.242. The average Bonchev–Trinajstić information content (AvgIpc) is 2.80. The molecule has 0 unspecified atom stereocenters. The number of nitrogens with zero attached hydrogens (tertiary/aromatic N) is 2. The lowest BCUT2D eigenvalue weighted by Crippen LogP contribution is -2.30. The topological polar surface area (TPSA) is 65.8 Å². The van der Waals surface area contributed by atoms with Crippen LogP contribution in [0, 0.1) is 0 Å². The molecular weight excluding hydrogens is 372 g/mol. The van der Waals surface area contributed by atoms with Gasteiger partial charge in [0.15, 0.2) is 0 Å². The van der Waals surface area contributed by atoms with Crippen molar-refractivity contribution in [1.82, 2.24) is 10.9 Å². The van der Waals surface area contributed by atoms with Crippen molar-refractivity contribution in [2.75, 3.05) is 0 Å². The predicted molar refractivity (Wildman–Crippen MR) is 124 cm³/mol. The van der Waals surface area contributed by atoms with Crippen molar-refractivity contribution >= 4 is 39.0 Å². The van der Waals surface area contributed by atoms with E-state index in [0.29, 0.717) is 11.4 Å². The summed E-state index contributed by atoms with van der Waals surface area (Å²) in [6, 6.07) is 27.9. The molecule has 0 saturated heterocycles. The van der Waals surface area contributed by atoms with Crippen LogP contribution < -0.4 is 10.9 Å². The Morgan fingerprint density at radius 2 is 1.00 bits per heavy atom. The van der Waals surface area contributed by atoms with Gasteiger partial charge in [0.25, 0.3) is 0 Å². The summed E-state index contributed by atoms with van der Waals surface area (Å²) in [5.74, 6) is 0. The van der Waals surface area contributed by atoms with E-state index in [9.17, 15) is 4.79 Å². The van der Waals surface area contributed by atoms with Gasteiger partial charge in [-0.15, -0.1) is 0 Å². The number of amides is 2. The summed E-state index contributed by atoms with van der Waals surface area (Å²) in [6.45, 7) is 3.71. The number of fused-ring (bicyclic) bond motifs is 2. The van der Waals surface area contributed by atoms with Gasteiger partial charge in [-0.25, -0.2) is 15.6 Å². The quantitative estimate of drug-likeness (QED) is 0.351. The second-order valence-electron chi connectivity index (χ2n) is 7.07. The van der Waals surface area contributed by atoms with Gasteiger partial charge in [-0.05, 0) is 58.7 Å². The molecule has 30 heavy (non-hydrogen) atoms. The first-order chi connectivity index (χ1) is 14.6. The third-order valence-corrected chi connectivity index (χ3v) is 4.98. The van der Waals surface area contributed by atoms with Crippen LogP contribution >= 0.6 is 0 Å². The molecule has 0 aliphatic carbocycles. The number of nitrogens with one attached hydrogen (secondary N) is 2. The highest BCUT2D eigenvalue weighted by Gasteiger charge is 2.03. The van der Waals surface area contributed by atoms with Gasteiger partial charge in [0.1, 0.15) is 0 Å². The smallest absolute Gasteiger partial charge is 0.245 e. The Labute approximate surface area is 175 Å². The number of rotatable bonds is 4. The Bertz CT molecular complexity index is 1190. The zero-order valence-electron chi connectivity index (χ0n) is 16.9. The van der Waals surface area contributed by atoms with E-state index in [4.69, 9.17) is 0 Å². The summed E-state index contributed by atoms with van der Waals surface area (Å²) >= 11 is 0. The number of urea groups is 1. The van der Waals surface area contributed by atoms with Crippen LogP contribution in [-0.2, 0) is 0 Å². The van der Waals surface area contributed by atoms with E-state index in [0.717, 1.165) is 21.9 Å². The highest BCUT2D eigenvalue weighted by molar-refractivity contribution is 6.03. The molecular formula is C25H22N4O. The molecule has 4 aromatic carbocycles. The monoisotopic (exact) mass is 394 g/mol. The number of hydrogen-bond donors (Lipinski definition) is 2. The number of carbonyl (C=O) groups is 1. The molecule has 0 bridgehead atoms. The zero-order valence-corrected chi connectivity index (χ0v) is 16.9. The van der Waals surface area contributed by atoms with Gasteiger partial charge < -0.3 is 0 Å². The highest BCUT2D eigenvalue weighted by Crippen LogP contribution is 2.17. The Hall–Kier alpha value is -3.99. The summed E-state index contributed by atoms with van der Waals surface area (Å²) in [5.41, 5.74) is 8.32. The Balaban J connectivity index is 1.41. The maximum Gasteiger partial charge on any atom is 0.355 e. The summed E-state index contributed by atoms with van der Waals surface area (Å²) in [4.78, 5) is 12.1. The molecule has 5 heteroatoms. The lowest BCUT2D eigenvalue weighted by Gasteiger charge is -2.06. The number of hydrazone groups is 2. The fourth-order valence-electron chi connectivity index (χ4n) is 3.25. The molecule has 0 saturated carbocycles. The van der Waals surface area contributed by atoms with E-state index in [2.05, 4.69) is 57.5 Å². The largest absolute Gasteiger partial charge is 0.355 e. The minimum atomic E-state index is -0.490. The normalized spacial score (nSPS) is 12.2. The summed E-state index contributed by atoms with van der Waals surface area (Å²) in [6.07, 6.45) is 0. The van der Waals surface area contributed by atoms with Crippen molar-refractivity contribution in [1.29, 1.82) is 0 Å². The summed E-state index contributed by atoms with van der Waals surface area (Å²) in [7, 11) is 0. The molecule has 0 atom stereocenters. The molecule has 0 aliphatic rings. The van der Waals surface area contributed by atoms with Gasteiger partial charge in [0.2, 0.25) is 0 Å². The second-order valence-corrected chi connectivity index (χ2v) is 7.07. The van der Waals surface area contributed by atoms with E-state index < -0.39 is 6.03 Å². The van der Waals surface area contributed by atoms with Crippen molar-refractivity contribution < 1.29 is 4.79 Å². The maximum absolute atomic E-state index is 12.1. The lowest BCUT2D eigenvalue weighted by atomic mass is 10.0. The van der Waals surface area contributed by atoms with Crippen LogP contribution in [0.5, 0.6) is 0 Å². The second kappa shape index (κ2) is 8.57. The molecule has 4 rings (SSSR count). The standard InChI is InChI=1S/C25H22N4O/c1-17(21-13-11-19-7-3-5-9-23(19)15-21)26-28-25(30)29-27-18(2)22-14-12-20-8-4-6-10-24(20)16-22/h3-16H,1-2H3,(H2,28,29,30)/b26-17+,27-18+. The molecule has 148 valence electrons. The number of hydrogen-bond acceptors (Lipinski definition) is 3. The van der Waals surface area contributed by atoms with E-state index in [1.807, 2.05) is 62.4 Å². The van der Waals surface area contributed by atoms with Crippen molar-refractivity contribution in [2.45, 2.75) is 13.8 Å². The van der Waals surface area contributed by atoms with Gasteiger partial charge in [0.05, 0.1) is 11.4 Å². The van der Waals surface area contributed by atoms with Crippen LogP contribution in [0.2, 0.25) is 0 Å². The average molecular weight is 394 g/mol. The van der Waals surface area contributed by atoms with E-state index in [1.54, 1.807) is 0 Å². The molecule has 0 heterocycles. The van der Waals surface area contributed by atoms with Gasteiger partial charge in [0, 0.05) is 0 Å². The summed E-state index contributed by atoms with van der Waals surface area (Å²) < 4.78 is 0. The Morgan fingerprint density at radius 3 is 1.43 bits per heavy atom. The number of benzene rings is 4. The highest BCUT2D eigenvalue weighted by atomic mass is 16.2.